The quantitative estimate of drug-likeness (QED) is 0.0213. The molecule has 11 nitrogen and oxygen atoms in total. The summed E-state index contributed by atoms with van der Waals surface area (Å²) in [7, 11) is 3.46. The van der Waals surface area contributed by atoms with Crippen molar-refractivity contribution in [3.05, 3.63) is 108 Å². The Morgan fingerprint density at radius 3 is 1.38 bits per heavy atom. The van der Waals surface area contributed by atoms with Crippen LogP contribution in [0.1, 0.15) is 88.0 Å². The molecule has 0 unspecified atom stereocenters. The second kappa shape index (κ2) is 23.0. The molecule has 12 heteroatoms. The van der Waals surface area contributed by atoms with Crippen LogP contribution in [0.4, 0.5) is 0 Å². The van der Waals surface area contributed by atoms with Crippen molar-refractivity contribution < 1.29 is 52.4 Å². The van der Waals surface area contributed by atoms with E-state index in [0.717, 1.165) is 63.5 Å². The standard InChI is InChI=1S/C40H43O11P/c1-3-37(43)48-23-11-7-5-9-21-46-33-17-13-29(14-18-33)39(45)50-35-25-32(28-42)36(26-31(35)27-41)51-40(52)30-15-19-34(20-16-30)47-22-10-6-8-12-24-49-38(44)4-2/h3-4,13-20,25-28,52H,1-2,5-12,21-24H2. The fourth-order valence-electron chi connectivity index (χ4n) is 4.63. The third-order valence-corrected chi connectivity index (χ3v) is 7.84. The molecule has 274 valence electrons. The first-order valence-corrected chi connectivity index (χ1v) is 17.4. The van der Waals surface area contributed by atoms with Crippen molar-refractivity contribution in [1.29, 1.82) is 0 Å². The van der Waals surface area contributed by atoms with E-state index < -0.39 is 17.9 Å². The monoisotopic (exact) mass is 730 g/mol. The van der Waals surface area contributed by atoms with Crippen LogP contribution in [0.2, 0.25) is 0 Å². The van der Waals surface area contributed by atoms with Crippen molar-refractivity contribution in [2.75, 3.05) is 26.4 Å². The first kappa shape index (κ1) is 40.9. The van der Waals surface area contributed by atoms with Crippen molar-refractivity contribution in [2.24, 2.45) is 0 Å². The molecule has 0 N–H and O–H groups in total. The van der Waals surface area contributed by atoms with E-state index in [0.29, 0.717) is 56.1 Å². The first-order chi connectivity index (χ1) is 25.3. The van der Waals surface area contributed by atoms with Gasteiger partial charge in [0, 0.05) is 17.7 Å². The van der Waals surface area contributed by atoms with Gasteiger partial charge in [-0.1, -0.05) is 22.0 Å². The second-order valence-electron chi connectivity index (χ2n) is 11.3. The number of carbonyl (C=O) groups is 5. The third-order valence-electron chi connectivity index (χ3n) is 7.45. The van der Waals surface area contributed by atoms with Gasteiger partial charge >= 0.3 is 17.9 Å². The van der Waals surface area contributed by atoms with Crippen LogP contribution in [-0.4, -0.2) is 62.4 Å². The molecule has 0 fully saturated rings. The zero-order valence-electron chi connectivity index (χ0n) is 29.0. The molecule has 0 aromatic heterocycles. The van der Waals surface area contributed by atoms with Crippen LogP contribution in [0, 0.1) is 0 Å². The van der Waals surface area contributed by atoms with E-state index in [1.54, 1.807) is 48.5 Å². The molecule has 3 aromatic rings. The number of unbranched alkanes of at least 4 members (excludes halogenated alkanes) is 6. The molecule has 0 aliphatic heterocycles. The molecular weight excluding hydrogens is 687 g/mol. The Kier molecular flexibility index (Phi) is 18.1. The molecule has 0 heterocycles. The Labute approximate surface area is 305 Å². The number of rotatable bonds is 25. The lowest BCUT2D eigenvalue weighted by Crippen LogP contribution is -2.12. The lowest BCUT2D eigenvalue weighted by molar-refractivity contribution is -0.138. The highest BCUT2D eigenvalue weighted by atomic mass is 31.0. The number of hydrogen-bond acceptors (Lipinski definition) is 11. The molecule has 52 heavy (non-hydrogen) atoms. The summed E-state index contributed by atoms with van der Waals surface area (Å²) in [5.41, 5.74) is 1.22. The molecule has 3 aromatic carbocycles. The number of ether oxygens (including phenoxy) is 6. The zero-order valence-corrected chi connectivity index (χ0v) is 30.0. The van der Waals surface area contributed by atoms with Gasteiger partial charge in [0.15, 0.2) is 18.1 Å². The molecule has 0 bridgehead atoms. The summed E-state index contributed by atoms with van der Waals surface area (Å²) in [6.07, 6.45) is 10.2. The van der Waals surface area contributed by atoms with Crippen molar-refractivity contribution in [2.45, 2.75) is 51.4 Å². The van der Waals surface area contributed by atoms with Gasteiger partial charge in [-0.15, -0.1) is 0 Å². The molecule has 0 spiro atoms. The van der Waals surface area contributed by atoms with Crippen molar-refractivity contribution in [3.63, 3.8) is 0 Å². The minimum absolute atomic E-state index is 0.00811. The van der Waals surface area contributed by atoms with Gasteiger partial charge in [0.05, 0.1) is 43.1 Å². The van der Waals surface area contributed by atoms with Crippen LogP contribution in [0.15, 0.2) is 86.0 Å². The van der Waals surface area contributed by atoms with Gasteiger partial charge in [0.25, 0.3) is 0 Å². The average Bonchev–Trinajstić information content (AvgIpc) is 3.17. The number of esters is 3. The van der Waals surface area contributed by atoms with E-state index in [1.165, 1.54) is 12.1 Å². The molecule has 0 saturated heterocycles. The highest BCUT2D eigenvalue weighted by Gasteiger charge is 2.17. The summed E-state index contributed by atoms with van der Waals surface area (Å²) in [5, 5.41) is 0. The minimum Gasteiger partial charge on any atom is -0.494 e. The minimum atomic E-state index is -0.724. The van der Waals surface area contributed by atoms with Gasteiger partial charge in [0.2, 0.25) is 0 Å². The second-order valence-corrected chi connectivity index (χ2v) is 11.8. The molecule has 0 aliphatic carbocycles. The van der Waals surface area contributed by atoms with Crippen LogP contribution < -0.4 is 18.9 Å². The van der Waals surface area contributed by atoms with E-state index in [9.17, 15) is 24.0 Å². The fourth-order valence-corrected chi connectivity index (χ4v) is 4.91. The number of aldehydes is 2. The van der Waals surface area contributed by atoms with Crippen molar-refractivity contribution in [1.82, 2.24) is 0 Å². The molecule has 0 radical (unpaired) electrons. The Hall–Kier alpha value is -5.54. The Morgan fingerprint density at radius 2 is 0.962 bits per heavy atom. The summed E-state index contributed by atoms with van der Waals surface area (Å²) >= 11 is 0. The Balaban J connectivity index is 1.47. The maximum atomic E-state index is 12.9. The Morgan fingerprint density at radius 1 is 0.558 bits per heavy atom. The fraction of sp³-hybridized carbons (Fsp3) is 0.300. The van der Waals surface area contributed by atoms with E-state index in [4.69, 9.17) is 28.4 Å². The smallest absolute Gasteiger partial charge is 0.343 e. The molecule has 0 atom stereocenters. The summed E-state index contributed by atoms with van der Waals surface area (Å²) < 4.78 is 32.8. The number of benzene rings is 3. The number of carbonyl (C=O) groups excluding carboxylic acids is 5. The first-order valence-electron chi connectivity index (χ1n) is 16.9. The highest BCUT2D eigenvalue weighted by molar-refractivity contribution is 7.21. The van der Waals surface area contributed by atoms with Crippen molar-refractivity contribution >= 4 is 44.8 Å². The van der Waals surface area contributed by atoms with Crippen LogP contribution in [-0.2, 0) is 19.1 Å². The predicted octanol–water partition coefficient (Wildman–Crippen LogP) is 7.57. The molecule has 0 aliphatic rings. The van der Waals surface area contributed by atoms with E-state index in [2.05, 4.69) is 22.0 Å². The summed E-state index contributed by atoms with van der Waals surface area (Å²) in [6, 6.07) is 16.1. The third kappa shape index (κ3) is 14.4. The van der Waals surface area contributed by atoms with Crippen LogP contribution in [0.3, 0.4) is 0 Å². The molecule has 0 saturated carbocycles. The van der Waals surface area contributed by atoms with E-state index >= 15 is 0 Å². The van der Waals surface area contributed by atoms with Gasteiger partial charge < -0.3 is 28.4 Å². The van der Waals surface area contributed by atoms with Crippen LogP contribution >= 0.6 is 8.86 Å². The SMILES string of the molecule is C=CC(=O)OCCCCCCOc1ccc(C(=O)Oc2cc(C=O)c(OC(=P)c3ccc(OCCCCCCOC(=O)C=C)cc3)cc2C=O)cc1. The summed E-state index contributed by atoms with van der Waals surface area (Å²) in [4.78, 5) is 58.9. The van der Waals surface area contributed by atoms with Gasteiger partial charge in [-0.2, -0.15) is 0 Å². The maximum Gasteiger partial charge on any atom is 0.343 e. The lowest BCUT2D eigenvalue weighted by atomic mass is 10.1. The lowest BCUT2D eigenvalue weighted by Gasteiger charge is -2.14. The molecule has 3 rings (SSSR count). The average molecular weight is 731 g/mol. The normalized spacial score (nSPS) is 10.3. The predicted molar refractivity (Wildman–Crippen MR) is 198 cm³/mol. The number of hydrogen-bond donors (Lipinski definition) is 0. The van der Waals surface area contributed by atoms with E-state index in [-0.39, 0.29) is 33.7 Å². The van der Waals surface area contributed by atoms with Gasteiger partial charge in [-0.25, -0.2) is 14.4 Å². The highest BCUT2D eigenvalue weighted by Crippen LogP contribution is 2.29. The van der Waals surface area contributed by atoms with Gasteiger partial charge in [-0.3, -0.25) is 9.59 Å². The maximum absolute atomic E-state index is 12.9. The van der Waals surface area contributed by atoms with Gasteiger partial charge in [-0.05, 0) is 112 Å². The Bertz CT molecular complexity index is 1560. The molecule has 0 amide bonds. The van der Waals surface area contributed by atoms with Crippen LogP contribution in [0.25, 0.3) is 0 Å². The summed E-state index contributed by atoms with van der Waals surface area (Å²) in [6.45, 7) is 8.46. The molecular formula is C40H43O11P. The van der Waals surface area contributed by atoms with E-state index in [1.807, 2.05) is 0 Å². The largest absolute Gasteiger partial charge is 0.494 e. The van der Waals surface area contributed by atoms with Crippen molar-refractivity contribution in [3.8, 4) is 23.0 Å². The zero-order chi connectivity index (χ0) is 37.6. The van der Waals surface area contributed by atoms with Gasteiger partial charge in [0.1, 0.15) is 23.0 Å². The van der Waals surface area contributed by atoms with Crippen LogP contribution in [0.5, 0.6) is 23.0 Å². The topological polar surface area (TPSA) is 141 Å². The summed E-state index contributed by atoms with van der Waals surface area (Å²) in [5.74, 6) is -0.332.